The van der Waals surface area contributed by atoms with Gasteiger partial charge in [0.2, 0.25) is 0 Å². The van der Waals surface area contributed by atoms with Crippen LogP contribution < -0.4 is 10.3 Å². The van der Waals surface area contributed by atoms with Crippen molar-refractivity contribution in [3.63, 3.8) is 0 Å². The molecule has 0 unspecified atom stereocenters. The molecule has 0 atom stereocenters. The van der Waals surface area contributed by atoms with Gasteiger partial charge in [0.15, 0.2) is 0 Å². The third-order valence-electron chi connectivity index (χ3n) is 2.33. The predicted molar refractivity (Wildman–Crippen MR) is 64.9 cm³/mol. The molecule has 2 rings (SSSR count). The highest BCUT2D eigenvalue weighted by Gasteiger charge is 2.01. The molecule has 3 nitrogen and oxygen atoms in total. The molecule has 0 saturated heterocycles. The average molecular weight is 217 g/mol. The molecule has 0 radical (unpaired) electrons. The largest absolute Gasteiger partial charge is 0.493 e. The van der Waals surface area contributed by atoms with Gasteiger partial charge in [0.1, 0.15) is 5.75 Å². The molecular formula is C13H15NO2. The van der Waals surface area contributed by atoms with Crippen molar-refractivity contribution in [1.29, 1.82) is 0 Å². The number of aromatic nitrogens is 1. The minimum Gasteiger partial charge on any atom is -0.493 e. The number of nitrogens with one attached hydrogen (secondary N) is 1. The maximum absolute atomic E-state index is 11.5. The normalized spacial score (nSPS) is 10.9. The molecule has 1 heterocycles. The summed E-state index contributed by atoms with van der Waals surface area (Å²) < 4.78 is 5.60. The Balaban J connectivity index is 2.34. The Kier molecular flexibility index (Phi) is 2.95. The van der Waals surface area contributed by atoms with E-state index in [1.807, 2.05) is 18.2 Å². The molecule has 0 saturated carbocycles. The smallest absolute Gasteiger partial charge is 0.255 e. The van der Waals surface area contributed by atoms with Crippen molar-refractivity contribution >= 4 is 10.8 Å². The zero-order valence-electron chi connectivity index (χ0n) is 9.49. The summed E-state index contributed by atoms with van der Waals surface area (Å²) in [7, 11) is 0. The van der Waals surface area contributed by atoms with Crippen molar-refractivity contribution in [3.05, 3.63) is 40.8 Å². The fourth-order valence-corrected chi connectivity index (χ4v) is 1.52. The highest BCUT2D eigenvalue weighted by Crippen LogP contribution is 2.18. The molecule has 1 N–H and O–H groups in total. The molecule has 0 aliphatic rings. The summed E-state index contributed by atoms with van der Waals surface area (Å²) in [5.74, 6) is 1.31. The number of H-pyrrole nitrogens is 1. The first kappa shape index (κ1) is 10.7. The van der Waals surface area contributed by atoms with Crippen molar-refractivity contribution in [1.82, 2.24) is 4.98 Å². The number of hydrogen-bond acceptors (Lipinski definition) is 2. The van der Waals surface area contributed by atoms with Crippen LogP contribution in [0.15, 0.2) is 35.3 Å². The second-order valence-corrected chi connectivity index (χ2v) is 4.26. The van der Waals surface area contributed by atoms with Crippen LogP contribution in [0.5, 0.6) is 5.75 Å². The first-order chi connectivity index (χ1) is 7.66. The van der Waals surface area contributed by atoms with Crippen LogP contribution in [0.2, 0.25) is 0 Å². The maximum Gasteiger partial charge on any atom is 0.255 e. The lowest BCUT2D eigenvalue weighted by Crippen LogP contribution is -2.06. The maximum atomic E-state index is 11.5. The minimum absolute atomic E-state index is 0.0621. The van der Waals surface area contributed by atoms with Crippen molar-refractivity contribution in [2.75, 3.05) is 6.61 Å². The van der Waals surface area contributed by atoms with Gasteiger partial charge >= 0.3 is 0 Å². The zero-order chi connectivity index (χ0) is 11.5. The third-order valence-corrected chi connectivity index (χ3v) is 2.33. The Labute approximate surface area is 94.1 Å². The zero-order valence-corrected chi connectivity index (χ0v) is 9.49. The van der Waals surface area contributed by atoms with Crippen LogP contribution in [-0.4, -0.2) is 11.6 Å². The molecule has 0 aliphatic heterocycles. The quantitative estimate of drug-likeness (QED) is 0.858. The van der Waals surface area contributed by atoms with Crippen LogP contribution in [0.25, 0.3) is 10.8 Å². The van der Waals surface area contributed by atoms with E-state index in [2.05, 4.69) is 18.8 Å². The Bertz CT molecular complexity index is 543. The van der Waals surface area contributed by atoms with E-state index in [1.165, 1.54) is 0 Å². The van der Waals surface area contributed by atoms with E-state index in [9.17, 15) is 4.79 Å². The van der Waals surface area contributed by atoms with E-state index < -0.39 is 0 Å². The van der Waals surface area contributed by atoms with Gasteiger partial charge in [0.05, 0.1) is 6.61 Å². The fourth-order valence-electron chi connectivity index (χ4n) is 1.52. The number of fused-ring (bicyclic) bond motifs is 1. The van der Waals surface area contributed by atoms with Crippen LogP contribution in [0.1, 0.15) is 13.8 Å². The third kappa shape index (κ3) is 2.24. The van der Waals surface area contributed by atoms with Crippen LogP contribution in [0.3, 0.4) is 0 Å². The van der Waals surface area contributed by atoms with Crippen LogP contribution >= 0.6 is 0 Å². The molecule has 2 aromatic rings. The number of aromatic amines is 1. The van der Waals surface area contributed by atoms with Gasteiger partial charge in [-0.2, -0.15) is 0 Å². The molecule has 0 spiro atoms. The summed E-state index contributed by atoms with van der Waals surface area (Å²) in [6.45, 7) is 4.90. The number of ether oxygens (including phenoxy) is 1. The van der Waals surface area contributed by atoms with Gasteiger partial charge in [-0.25, -0.2) is 0 Å². The summed E-state index contributed by atoms with van der Waals surface area (Å²) in [5.41, 5.74) is -0.0621. The highest BCUT2D eigenvalue weighted by molar-refractivity contribution is 5.82. The standard InChI is InChI=1S/C13H15NO2/c1-9(2)8-16-11-3-4-12-10(7-11)5-6-14-13(12)15/h3-7,9H,8H2,1-2H3,(H,14,15). The Morgan fingerprint density at radius 3 is 2.88 bits per heavy atom. The molecule has 1 aromatic heterocycles. The molecule has 3 heteroatoms. The number of pyridine rings is 1. The topological polar surface area (TPSA) is 42.1 Å². The van der Waals surface area contributed by atoms with Gasteiger partial charge in [0, 0.05) is 11.6 Å². The molecule has 0 fully saturated rings. The Hall–Kier alpha value is -1.77. The molecule has 0 bridgehead atoms. The average Bonchev–Trinajstić information content (AvgIpc) is 2.26. The molecular weight excluding hydrogens is 202 g/mol. The SMILES string of the molecule is CC(C)COc1ccc2c(=O)[nH]ccc2c1. The highest BCUT2D eigenvalue weighted by atomic mass is 16.5. The molecule has 16 heavy (non-hydrogen) atoms. The van der Waals surface area contributed by atoms with E-state index in [0.29, 0.717) is 17.9 Å². The van der Waals surface area contributed by atoms with E-state index >= 15 is 0 Å². The predicted octanol–water partition coefficient (Wildman–Crippen LogP) is 2.56. The van der Waals surface area contributed by atoms with Gasteiger partial charge in [-0.15, -0.1) is 0 Å². The monoisotopic (exact) mass is 217 g/mol. The van der Waals surface area contributed by atoms with Crippen LogP contribution in [-0.2, 0) is 0 Å². The van der Waals surface area contributed by atoms with Gasteiger partial charge < -0.3 is 9.72 Å². The number of benzene rings is 1. The van der Waals surface area contributed by atoms with Crippen molar-refractivity contribution in [3.8, 4) is 5.75 Å². The van der Waals surface area contributed by atoms with E-state index in [-0.39, 0.29) is 5.56 Å². The van der Waals surface area contributed by atoms with Crippen molar-refractivity contribution in [2.24, 2.45) is 5.92 Å². The number of rotatable bonds is 3. The first-order valence-electron chi connectivity index (χ1n) is 5.41. The fraction of sp³-hybridized carbons (Fsp3) is 0.308. The van der Waals surface area contributed by atoms with Gasteiger partial charge in [0.25, 0.3) is 5.56 Å². The Morgan fingerprint density at radius 1 is 1.31 bits per heavy atom. The van der Waals surface area contributed by atoms with Crippen LogP contribution in [0, 0.1) is 5.92 Å². The Morgan fingerprint density at radius 2 is 2.12 bits per heavy atom. The summed E-state index contributed by atoms with van der Waals surface area (Å²) >= 11 is 0. The van der Waals surface area contributed by atoms with Crippen molar-refractivity contribution < 1.29 is 4.74 Å². The van der Waals surface area contributed by atoms with Gasteiger partial charge in [-0.1, -0.05) is 13.8 Å². The molecule has 0 aliphatic carbocycles. The molecule has 84 valence electrons. The second-order valence-electron chi connectivity index (χ2n) is 4.26. The van der Waals surface area contributed by atoms with E-state index in [1.54, 1.807) is 12.3 Å². The molecule has 1 aromatic carbocycles. The summed E-state index contributed by atoms with van der Waals surface area (Å²) in [6.07, 6.45) is 1.65. The lowest BCUT2D eigenvalue weighted by molar-refractivity contribution is 0.271. The summed E-state index contributed by atoms with van der Waals surface area (Å²) in [5, 5.41) is 1.60. The van der Waals surface area contributed by atoms with E-state index in [0.717, 1.165) is 11.1 Å². The van der Waals surface area contributed by atoms with Crippen LogP contribution in [0.4, 0.5) is 0 Å². The van der Waals surface area contributed by atoms with Gasteiger partial charge in [-0.3, -0.25) is 4.79 Å². The van der Waals surface area contributed by atoms with Crippen molar-refractivity contribution in [2.45, 2.75) is 13.8 Å². The summed E-state index contributed by atoms with van der Waals surface area (Å²) in [6, 6.07) is 7.40. The molecule has 0 amide bonds. The van der Waals surface area contributed by atoms with Gasteiger partial charge in [-0.05, 0) is 35.6 Å². The summed E-state index contributed by atoms with van der Waals surface area (Å²) in [4.78, 5) is 14.1. The minimum atomic E-state index is -0.0621. The lowest BCUT2D eigenvalue weighted by atomic mass is 10.1. The first-order valence-corrected chi connectivity index (χ1v) is 5.41. The second kappa shape index (κ2) is 4.39. The van der Waals surface area contributed by atoms with E-state index in [4.69, 9.17) is 4.74 Å². The lowest BCUT2D eigenvalue weighted by Gasteiger charge is -2.08. The number of hydrogen-bond donors (Lipinski definition) is 1.